The third kappa shape index (κ3) is 4.40. The molecular formula is C24H23F3N6O. The maximum absolute atomic E-state index is 12.5. The number of fused-ring (bicyclic) bond motifs is 2. The van der Waals surface area contributed by atoms with Crippen LogP contribution in [0, 0.1) is 5.92 Å². The van der Waals surface area contributed by atoms with E-state index in [2.05, 4.69) is 19.5 Å². The SMILES string of the molecule is Nc1ncnc2c1ccn2C1CC[C@@H](CCc2ccc3ccc(NC(=O)C(F)(F)F)nc3c2)C1. The van der Waals surface area contributed by atoms with Gasteiger partial charge in [0, 0.05) is 17.6 Å². The lowest BCUT2D eigenvalue weighted by Crippen LogP contribution is -2.30. The van der Waals surface area contributed by atoms with Crippen LogP contribution >= 0.6 is 0 Å². The summed E-state index contributed by atoms with van der Waals surface area (Å²) >= 11 is 0. The number of aromatic nitrogens is 4. The highest BCUT2D eigenvalue weighted by Gasteiger charge is 2.38. The molecule has 4 aromatic rings. The molecule has 1 saturated carbocycles. The standard InChI is InChI=1S/C24H23F3N6O/c25-24(26,27)23(34)32-20-8-6-16-5-3-15(12-19(16)31-20)2-1-14-4-7-17(11-14)33-10-9-18-21(28)29-13-30-22(18)33/h3,5-6,8-10,12-14,17H,1-2,4,7,11H2,(H2,28,29,30)(H,31,32,34)/t14-,17?/m1/s1. The van der Waals surface area contributed by atoms with Crippen LogP contribution in [-0.2, 0) is 11.2 Å². The number of alkyl halides is 3. The third-order valence-electron chi connectivity index (χ3n) is 6.54. The molecule has 5 rings (SSSR count). The van der Waals surface area contributed by atoms with E-state index >= 15 is 0 Å². The van der Waals surface area contributed by atoms with Crippen molar-refractivity contribution in [1.29, 1.82) is 0 Å². The molecule has 0 radical (unpaired) electrons. The maximum Gasteiger partial charge on any atom is 0.471 e. The Morgan fingerprint density at radius 1 is 1.15 bits per heavy atom. The Morgan fingerprint density at radius 3 is 2.79 bits per heavy atom. The quantitative estimate of drug-likeness (QED) is 0.428. The predicted octanol–water partition coefficient (Wildman–Crippen LogP) is 5.04. The molecule has 0 aliphatic heterocycles. The summed E-state index contributed by atoms with van der Waals surface area (Å²) in [5, 5.41) is 3.49. The minimum Gasteiger partial charge on any atom is -0.383 e. The zero-order valence-corrected chi connectivity index (χ0v) is 18.2. The number of anilines is 2. The molecule has 1 aromatic carbocycles. The second-order valence-electron chi connectivity index (χ2n) is 8.77. The van der Waals surface area contributed by atoms with Gasteiger partial charge in [-0.25, -0.2) is 15.0 Å². The summed E-state index contributed by atoms with van der Waals surface area (Å²) in [6.45, 7) is 0. The normalized spacial score (nSPS) is 18.6. The molecule has 1 aliphatic carbocycles. The molecule has 3 heterocycles. The van der Waals surface area contributed by atoms with Crippen LogP contribution in [0.25, 0.3) is 21.9 Å². The molecular weight excluding hydrogens is 445 g/mol. The first-order valence-electron chi connectivity index (χ1n) is 11.1. The topological polar surface area (TPSA) is 98.7 Å². The fourth-order valence-electron chi connectivity index (χ4n) is 4.79. The van der Waals surface area contributed by atoms with E-state index in [1.165, 1.54) is 12.4 Å². The zero-order valence-electron chi connectivity index (χ0n) is 18.2. The van der Waals surface area contributed by atoms with Crippen molar-refractivity contribution in [2.75, 3.05) is 11.1 Å². The predicted molar refractivity (Wildman–Crippen MR) is 123 cm³/mol. The molecule has 3 aromatic heterocycles. The lowest BCUT2D eigenvalue weighted by molar-refractivity contribution is -0.167. The lowest BCUT2D eigenvalue weighted by Gasteiger charge is -2.14. The first-order chi connectivity index (χ1) is 16.3. The second kappa shape index (κ2) is 8.58. The number of aryl methyl sites for hydroxylation is 1. The number of nitrogens with zero attached hydrogens (tertiary/aromatic N) is 4. The summed E-state index contributed by atoms with van der Waals surface area (Å²) < 4.78 is 39.8. The minimum atomic E-state index is -4.95. The third-order valence-corrected chi connectivity index (χ3v) is 6.54. The van der Waals surface area contributed by atoms with Gasteiger partial charge in [0.2, 0.25) is 0 Å². The van der Waals surface area contributed by atoms with Gasteiger partial charge in [-0.2, -0.15) is 13.2 Å². The first-order valence-corrected chi connectivity index (χ1v) is 11.1. The molecule has 7 nitrogen and oxygen atoms in total. The Morgan fingerprint density at radius 2 is 1.97 bits per heavy atom. The number of carbonyl (C=O) groups is 1. The van der Waals surface area contributed by atoms with Gasteiger partial charge in [0.1, 0.15) is 23.6 Å². The molecule has 3 N–H and O–H groups in total. The molecule has 1 fully saturated rings. The summed E-state index contributed by atoms with van der Waals surface area (Å²) in [5.41, 5.74) is 8.44. The Balaban J connectivity index is 1.24. The van der Waals surface area contributed by atoms with Crippen molar-refractivity contribution in [2.45, 2.75) is 44.3 Å². The number of rotatable bonds is 5. The highest BCUT2D eigenvalue weighted by atomic mass is 19.4. The van der Waals surface area contributed by atoms with E-state index in [9.17, 15) is 18.0 Å². The largest absolute Gasteiger partial charge is 0.471 e. The molecule has 34 heavy (non-hydrogen) atoms. The van der Waals surface area contributed by atoms with E-state index in [-0.39, 0.29) is 5.82 Å². The van der Waals surface area contributed by atoms with Crippen molar-refractivity contribution >= 4 is 39.5 Å². The Kier molecular flexibility index (Phi) is 5.59. The van der Waals surface area contributed by atoms with Gasteiger partial charge in [0.15, 0.2) is 0 Å². The van der Waals surface area contributed by atoms with Crippen LogP contribution < -0.4 is 11.1 Å². The number of halogens is 3. The Bertz CT molecular complexity index is 1370. The van der Waals surface area contributed by atoms with Crippen LogP contribution in [-0.4, -0.2) is 31.6 Å². The highest BCUT2D eigenvalue weighted by molar-refractivity contribution is 5.95. The molecule has 0 bridgehead atoms. The van der Waals surface area contributed by atoms with E-state index in [0.717, 1.165) is 54.1 Å². The van der Waals surface area contributed by atoms with Crippen molar-refractivity contribution in [3.63, 3.8) is 0 Å². The molecule has 1 amide bonds. The monoisotopic (exact) mass is 468 g/mol. The minimum absolute atomic E-state index is 0.117. The van der Waals surface area contributed by atoms with E-state index in [0.29, 0.717) is 23.3 Å². The smallest absolute Gasteiger partial charge is 0.383 e. The second-order valence-corrected chi connectivity index (χ2v) is 8.77. The van der Waals surface area contributed by atoms with Gasteiger partial charge in [-0.1, -0.05) is 12.1 Å². The van der Waals surface area contributed by atoms with Gasteiger partial charge in [-0.3, -0.25) is 4.79 Å². The van der Waals surface area contributed by atoms with Gasteiger partial charge < -0.3 is 15.6 Å². The summed E-state index contributed by atoms with van der Waals surface area (Å²) in [7, 11) is 0. The number of amides is 1. The van der Waals surface area contributed by atoms with Crippen molar-refractivity contribution in [1.82, 2.24) is 19.5 Å². The van der Waals surface area contributed by atoms with Gasteiger partial charge in [0.25, 0.3) is 0 Å². The van der Waals surface area contributed by atoms with Crippen molar-refractivity contribution in [3.05, 3.63) is 54.5 Å². The molecule has 176 valence electrons. The number of hydrogen-bond acceptors (Lipinski definition) is 5. The van der Waals surface area contributed by atoms with Crippen molar-refractivity contribution in [2.24, 2.45) is 5.92 Å². The van der Waals surface area contributed by atoms with Crippen LogP contribution in [0.15, 0.2) is 48.9 Å². The highest BCUT2D eigenvalue weighted by Crippen LogP contribution is 2.39. The molecule has 2 atom stereocenters. The summed E-state index contributed by atoms with van der Waals surface area (Å²) in [6.07, 6.45) is 3.65. The van der Waals surface area contributed by atoms with Crippen LogP contribution in [0.4, 0.5) is 24.8 Å². The number of nitrogen functional groups attached to an aromatic ring is 1. The molecule has 0 spiro atoms. The van der Waals surface area contributed by atoms with E-state index in [1.807, 2.05) is 35.8 Å². The fourth-order valence-corrected chi connectivity index (χ4v) is 4.79. The average Bonchev–Trinajstić information content (AvgIpc) is 3.44. The van der Waals surface area contributed by atoms with Gasteiger partial charge in [0.05, 0.1) is 10.9 Å². The van der Waals surface area contributed by atoms with E-state index < -0.39 is 12.1 Å². The number of pyridine rings is 1. The molecule has 0 saturated heterocycles. The van der Waals surface area contributed by atoms with Crippen LogP contribution in [0.2, 0.25) is 0 Å². The van der Waals surface area contributed by atoms with Crippen LogP contribution in [0.5, 0.6) is 0 Å². The molecule has 1 aliphatic rings. The van der Waals surface area contributed by atoms with Crippen LogP contribution in [0.1, 0.15) is 37.3 Å². The molecule has 10 heteroatoms. The Labute approximate surface area is 193 Å². The van der Waals surface area contributed by atoms with Gasteiger partial charge in [-0.15, -0.1) is 0 Å². The van der Waals surface area contributed by atoms with Crippen LogP contribution in [0.3, 0.4) is 0 Å². The number of carbonyl (C=O) groups excluding carboxylic acids is 1. The number of nitrogens with one attached hydrogen (secondary N) is 1. The number of benzene rings is 1. The fraction of sp³-hybridized carbons (Fsp3) is 0.333. The summed E-state index contributed by atoms with van der Waals surface area (Å²) in [5.74, 6) is -1.10. The van der Waals surface area contributed by atoms with Gasteiger partial charge in [-0.05, 0) is 67.9 Å². The maximum atomic E-state index is 12.5. The first kappa shape index (κ1) is 22.1. The zero-order chi connectivity index (χ0) is 23.9. The van der Waals surface area contributed by atoms with E-state index in [4.69, 9.17) is 5.73 Å². The number of nitrogens with two attached hydrogens (primary N) is 1. The van der Waals surface area contributed by atoms with E-state index in [1.54, 1.807) is 6.07 Å². The Hall–Kier alpha value is -3.69. The van der Waals surface area contributed by atoms with Crippen molar-refractivity contribution < 1.29 is 18.0 Å². The van der Waals surface area contributed by atoms with Crippen molar-refractivity contribution in [3.8, 4) is 0 Å². The average molecular weight is 468 g/mol. The summed E-state index contributed by atoms with van der Waals surface area (Å²) in [6, 6.07) is 11.2. The number of hydrogen-bond donors (Lipinski definition) is 2. The van der Waals surface area contributed by atoms with Gasteiger partial charge >= 0.3 is 12.1 Å². The summed E-state index contributed by atoms with van der Waals surface area (Å²) in [4.78, 5) is 23.9. The molecule has 1 unspecified atom stereocenters. The lowest BCUT2D eigenvalue weighted by atomic mass is 9.97.